The van der Waals surface area contributed by atoms with Gasteiger partial charge >= 0.3 is 5.69 Å². The zero-order valence-electron chi connectivity index (χ0n) is 10.6. The first-order valence-electron chi connectivity index (χ1n) is 6.04. The average molecular weight is 251 g/mol. The Morgan fingerprint density at radius 1 is 1.22 bits per heavy atom. The largest absolute Gasteiger partial charge is 0.494 e. The van der Waals surface area contributed by atoms with Crippen LogP contribution in [0.3, 0.4) is 0 Å². The van der Waals surface area contributed by atoms with Crippen LogP contribution in [0.15, 0.2) is 14.6 Å². The van der Waals surface area contributed by atoms with Crippen LogP contribution in [0.2, 0.25) is 0 Å². The highest BCUT2D eigenvalue weighted by molar-refractivity contribution is 5.82. The van der Waals surface area contributed by atoms with Crippen molar-refractivity contribution >= 4 is 6.21 Å². The maximum absolute atomic E-state index is 11.9. The second-order valence-electron chi connectivity index (χ2n) is 4.66. The van der Waals surface area contributed by atoms with E-state index < -0.39 is 11.2 Å². The lowest BCUT2D eigenvalue weighted by atomic mass is 10.2. The third-order valence-electron chi connectivity index (χ3n) is 3.41. The third-order valence-corrected chi connectivity index (χ3v) is 3.41. The van der Waals surface area contributed by atoms with E-state index in [1.807, 2.05) is 0 Å². The number of aliphatic imine (C=N–C) groups is 1. The van der Waals surface area contributed by atoms with Gasteiger partial charge in [0, 0.05) is 26.4 Å². The molecule has 0 spiro atoms. The lowest BCUT2D eigenvalue weighted by Crippen LogP contribution is -2.38. The molecule has 0 atom stereocenters. The highest BCUT2D eigenvalue weighted by atomic mass is 16.3. The van der Waals surface area contributed by atoms with Gasteiger partial charge in [0.05, 0.1) is 0 Å². The Morgan fingerprint density at radius 2 is 1.83 bits per heavy atom. The van der Waals surface area contributed by atoms with Crippen LogP contribution < -0.4 is 11.2 Å². The maximum atomic E-state index is 11.9. The van der Waals surface area contributed by atoms with E-state index in [-0.39, 0.29) is 17.5 Å². The molecular formula is C12H17N3O3. The first-order chi connectivity index (χ1) is 8.52. The molecule has 1 N–H and O–H groups in total. The van der Waals surface area contributed by atoms with Crippen molar-refractivity contribution in [2.24, 2.45) is 19.1 Å². The van der Waals surface area contributed by atoms with E-state index in [1.54, 1.807) is 0 Å². The Labute approximate surface area is 104 Å². The third kappa shape index (κ3) is 2.10. The summed E-state index contributed by atoms with van der Waals surface area (Å²) < 4.78 is 2.01. The van der Waals surface area contributed by atoms with Crippen LogP contribution in [0, 0.1) is 0 Å². The Morgan fingerprint density at radius 3 is 2.44 bits per heavy atom. The van der Waals surface area contributed by atoms with Gasteiger partial charge in [-0.25, -0.2) is 4.79 Å². The molecule has 1 aromatic rings. The predicted molar refractivity (Wildman–Crippen MR) is 68.4 cm³/mol. The highest BCUT2D eigenvalue weighted by Gasteiger charge is 2.15. The summed E-state index contributed by atoms with van der Waals surface area (Å²) >= 11 is 0. The number of hydrogen-bond donors (Lipinski definition) is 1. The van der Waals surface area contributed by atoms with Crippen LogP contribution in [0.5, 0.6) is 5.88 Å². The predicted octanol–water partition coefficient (Wildman–Crippen LogP) is 0.151. The minimum Gasteiger partial charge on any atom is -0.494 e. The summed E-state index contributed by atoms with van der Waals surface area (Å²) in [5.41, 5.74) is -0.987. The van der Waals surface area contributed by atoms with Gasteiger partial charge in [-0.05, 0) is 12.8 Å². The molecule has 1 saturated carbocycles. The second kappa shape index (κ2) is 4.80. The fraction of sp³-hybridized carbons (Fsp3) is 0.583. The monoisotopic (exact) mass is 251 g/mol. The molecule has 0 aromatic carbocycles. The highest BCUT2D eigenvalue weighted by Crippen LogP contribution is 2.20. The van der Waals surface area contributed by atoms with Gasteiger partial charge in [-0.15, -0.1) is 0 Å². The Hall–Kier alpha value is -1.85. The summed E-state index contributed by atoms with van der Waals surface area (Å²) in [6.07, 6.45) is 5.73. The van der Waals surface area contributed by atoms with Crippen molar-refractivity contribution in [2.45, 2.75) is 31.7 Å². The molecule has 1 heterocycles. The van der Waals surface area contributed by atoms with Gasteiger partial charge in [0.1, 0.15) is 5.56 Å². The van der Waals surface area contributed by atoms with Gasteiger partial charge in [-0.1, -0.05) is 12.8 Å². The number of aromatic hydroxyl groups is 1. The zero-order valence-corrected chi connectivity index (χ0v) is 10.6. The number of nitrogens with zero attached hydrogens (tertiary/aromatic N) is 3. The smallest absolute Gasteiger partial charge is 0.333 e. The second-order valence-corrected chi connectivity index (χ2v) is 4.66. The molecule has 0 aliphatic heterocycles. The fourth-order valence-corrected chi connectivity index (χ4v) is 2.21. The molecular weight excluding hydrogens is 234 g/mol. The Balaban J connectivity index is 2.44. The number of rotatable bonds is 2. The summed E-state index contributed by atoms with van der Waals surface area (Å²) in [7, 11) is 2.81. The summed E-state index contributed by atoms with van der Waals surface area (Å²) in [5, 5.41) is 9.82. The van der Waals surface area contributed by atoms with Crippen molar-refractivity contribution in [3.8, 4) is 5.88 Å². The number of aromatic nitrogens is 2. The van der Waals surface area contributed by atoms with E-state index in [0.29, 0.717) is 0 Å². The van der Waals surface area contributed by atoms with Crippen molar-refractivity contribution in [1.82, 2.24) is 9.13 Å². The molecule has 1 aliphatic rings. The van der Waals surface area contributed by atoms with Gasteiger partial charge in [0.15, 0.2) is 0 Å². The quantitative estimate of drug-likeness (QED) is 0.760. The molecule has 18 heavy (non-hydrogen) atoms. The molecule has 1 aromatic heterocycles. The molecule has 0 bridgehead atoms. The van der Waals surface area contributed by atoms with Gasteiger partial charge in [0.2, 0.25) is 5.88 Å². The van der Waals surface area contributed by atoms with Crippen LogP contribution in [0.1, 0.15) is 31.2 Å². The summed E-state index contributed by atoms with van der Waals surface area (Å²) in [5.74, 6) is -0.329. The lowest BCUT2D eigenvalue weighted by Gasteiger charge is -2.07. The van der Waals surface area contributed by atoms with Gasteiger partial charge in [-0.2, -0.15) is 0 Å². The fourth-order valence-electron chi connectivity index (χ4n) is 2.21. The minimum atomic E-state index is -0.546. The lowest BCUT2D eigenvalue weighted by molar-refractivity contribution is 0.410. The van der Waals surface area contributed by atoms with Crippen LogP contribution in [-0.4, -0.2) is 26.5 Å². The molecule has 98 valence electrons. The van der Waals surface area contributed by atoms with Crippen LogP contribution >= 0.6 is 0 Å². The SMILES string of the molecule is Cn1c(O)c(C=NC2CCCC2)c(=O)n(C)c1=O. The van der Waals surface area contributed by atoms with E-state index >= 15 is 0 Å². The first-order valence-corrected chi connectivity index (χ1v) is 6.04. The standard InChI is InChI=1S/C12H17N3O3/c1-14-10(16)9(11(17)15(2)12(14)18)7-13-8-5-3-4-6-8/h7-8,16H,3-6H2,1-2H3. The number of hydrogen-bond acceptors (Lipinski definition) is 4. The average Bonchev–Trinajstić information content (AvgIpc) is 2.87. The van der Waals surface area contributed by atoms with E-state index in [0.717, 1.165) is 34.8 Å². The van der Waals surface area contributed by atoms with E-state index in [9.17, 15) is 14.7 Å². The molecule has 6 heteroatoms. The topological polar surface area (TPSA) is 76.6 Å². The van der Waals surface area contributed by atoms with Crippen molar-refractivity contribution in [3.63, 3.8) is 0 Å². The van der Waals surface area contributed by atoms with Gasteiger partial charge in [-0.3, -0.25) is 18.9 Å². The van der Waals surface area contributed by atoms with E-state index in [1.165, 1.54) is 20.3 Å². The molecule has 0 amide bonds. The maximum Gasteiger partial charge on any atom is 0.333 e. The Bertz CT molecular complexity index is 592. The summed E-state index contributed by atoms with van der Waals surface area (Å²) in [6, 6.07) is 0.228. The van der Waals surface area contributed by atoms with Crippen molar-refractivity contribution in [3.05, 3.63) is 26.4 Å². The summed E-state index contributed by atoms with van der Waals surface area (Å²) in [6.45, 7) is 0. The molecule has 0 radical (unpaired) electrons. The van der Waals surface area contributed by atoms with Crippen molar-refractivity contribution < 1.29 is 5.11 Å². The van der Waals surface area contributed by atoms with E-state index in [2.05, 4.69) is 4.99 Å². The van der Waals surface area contributed by atoms with E-state index in [4.69, 9.17) is 0 Å². The van der Waals surface area contributed by atoms with Crippen LogP contribution in [-0.2, 0) is 14.1 Å². The Kier molecular flexibility index (Phi) is 3.36. The molecule has 1 aliphatic carbocycles. The van der Waals surface area contributed by atoms with Gasteiger partial charge < -0.3 is 5.11 Å². The summed E-state index contributed by atoms with van der Waals surface area (Å²) in [4.78, 5) is 27.7. The van der Waals surface area contributed by atoms with Crippen LogP contribution in [0.25, 0.3) is 0 Å². The van der Waals surface area contributed by atoms with Gasteiger partial charge in [0.25, 0.3) is 5.56 Å². The minimum absolute atomic E-state index is 0.0755. The molecule has 6 nitrogen and oxygen atoms in total. The first kappa shape index (κ1) is 12.6. The molecule has 0 unspecified atom stereocenters. The zero-order chi connectivity index (χ0) is 13.3. The van der Waals surface area contributed by atoms with Crippen LogP contribution in [0.4, 0.5) is 0 Å². The van der Waals surface area contributed by atoms with Crippen molar-refractivity contribution in [2.75, 3.05) is 0 Å². The molecule has 0 saturated heterocycles. The normalized spacial score (nSPS) is 16.8. The molecule has 1 fully saturated rings. The van der Waals surface area contributed by atoms with Crippen molar-refractivity contribution in [1.29, 1.82) is 0 Å². The molecule has 2 rings (SSSR count).